The Morgan fingerprint density at radius 2 is 2.27 bits per heavy atom. The fourth-order valence-electron chi connectivity index (χ4n) is 1.70. The average Bonchev–Trinajstić information content (AvgIpc) is 2.74. The van der Waals surface area contributed by atoms with E-state index in [4.69, 9.17) is 0 Å². The minimum atomic E-state index is 0.688. The number of rotatable bonds is 8. The topological polar surface area (TPSA) is 12.0 Å². The van der Waals surface area contributed by atoms with Gasteiger partial charge in [0.15, 0.2) is 0 Å². The van der Waals surface area contributed by atoms with Crippen molar-refractivity contribution in [2.45, 2.75) is 52.0 Å². The molecule has 0 saturated heterocycles. The van der Waals surface area contributed by atoms with Gasteiger partial charge in [0.2, 0.25) is 0 Å². The van der Waals surface area contributed by atoms with Gasteiger partial charge in [-0.05, 0) is 50.6 Å². The molecule has 2 heteroatoms. The zero-order chi connectivity index (χ0) is 10.9. The highest BCUT2D eigenvalue weighted by atomic mass is 32.1. The summed E-state index contributed by atoms with van der Waals surface area (Å²) in [4.78, 5) is 1.53. The number of nitrogens with one attached hydrogen (secondary N) is 1. The maximum atomic E-state index is 3.53. The molecule has 1 unspecified atom stereocenters. The Kier molecular flexibility index (Phi) is 6.69. The third-order valence-electron chi connectivity index (χ3n) is 2.63. The molecule has 1 atom stereocenters. The van der Waals surface area contributed by atoms with Crippen molar-refractivity contribution in [2.75, 3.05) is 6.54 Å². The van der Waals surface area contributed by atoms with Crippen LogP contribution in [0.4, 0.5) is 0 Å². The fraction of sp³-hybridized carbons (Fsp3) is 0.692. The van der Waals surface area contributed by atoms with Crippen LogP contribution in [0.3, 0.4) is 0 Å². The molecule has 1 rings (SSSR count). The van der Waals surface area contributed by atoms with Crippen LogP contribution in [0.1, 0.15) is 44.4 Å². The molecule has 1 N–H and O–H groups in total. The number of hydrogen-bond donors (Lipinski definition) is 1. The molecule has 1 aromatic heterocycles. The molecule has 0 aromatic carbocycles. The minimum absolute atomic E-state index is 0.688. The summed E-state index contributed by atoms with van der Waals surface area (Å²) >= 11 is 1.88. The van der Waals surface area contributed by atoms with Crippen LogP contribution >= 0.6 is 11.3 Å². The molecule has 0 aliphatic carbocycles. The molecular formula is C13H23NS. The quantitative estimate of drug-likeness (QED) is 0.663. The normalized spacial score (nSPS) is 12.9. The SMILES string of the molecule is CCCNC(C)CCCCc1cccs1. The first-order valence-electron chi connectivity index (χ1n) is 6.08. The first kappa shape index (κ1) is 12.7. The van der Waals surface area contributed by atoms with Crippen LogP contribution in [-0.4, -0.2) is 12.6 Å². The highest BCUT2D eigenvalue weighted by Gasteiger charge is 2.00. The van der Waals surface area contributed by atoms with E-state index in [0.29, 0.717) is 6.04 Å². The Balaban J connectivity index is 1.97. The fourth-order valence-corrected chi connectivity index (χ4v) is 2.45. The second-order valence-electron chi connectivity index (χ2n) is 4.18. The van der Waals surface area contributed by atoms with Crippen LogP contribution in [0.5, 0.6) is 0 Å². The van der Waals surface area contributed by atoms with Crippen LogP contribution in [0.2, 0.25) is 0 Å². The second kappa shape index (κ2) is 7.89. The van der Waals surface area contributed by atoms with E-state index in [-0.39, 0.29) is 0 Å². The van der Waals surface area contributed by atoms with Crippen LogP contribution in [0.25, 0.3) is 0 Å². The molecule has 0 radical (unpaired) electrons. The van der Waals surface area contributed by atoms with Gasteiger partial charge in [-0.25, -0.2) is 0 Å². The smallest absolute Gasteiger partial charge is 0.00452 e. The highest BCUT2D eigenvalue weighted by Crippen LogP contribution is 2.13. The van der Waals surface area contributed by atoms with Gasteiger partial charge in [0.1, 0.15) is 0 Å². The zero-order valence-corrected chi connectivity index (χ0v) is 10.8. The summed E-state index contributed by atoms with van der Waals surface area (Å²) in [5.74, 6) is 0. The Bertz CT molecular complexity index is 231. The number of aryl methyl sites for hydroxylation is 1. The van der Waals surface area contributed by atoms with Crippen molar-refractivity contribution < 1.29 is 0 Å². The minimum Gasteiger partial charge on any atom is -0.314 e. The molecule has 86 valence electrons. The summed E-state index contributed by atoms with van der Waals surface area (Å²) in [7, 11) is 0. The molecule has 0 spiro atoms. The van der Waals surface area contributed by atoms with E-state index in [1.165, 1.54) is 37.0 Å². The van der Waals surface area contributed by atoms with Crippen molar-refractivity contribution >= 4 is 11.3 Å². The summed E-state index contributed by atoms with van der Waals surface area (Å²) < 4.78 is 0. The Morgan fingerprint density at radius 3 is 2.93 bits per heavy atom. The molecule has 0 saturated carbocycles. The van der Waals surface area contributed by atoms with E-state index < -0.39 is 0 Å². The lowest BCUT2D eigenvalue weighted by atomic mass is 10.1. The Hall–Kier alpha value is -0.340. The second-order valence-corrected chi connectivity index (χ2v) is 5.21. The van der Waals surface area contributed by atoms with Crippen molar-refractivity contribution in [3.63, 3.8) is 0 Å². The molecule has 15 heavy (non-hydrogen) atoms. The van der Waals surface area contributed by atoms with Gasteiger partial charge in [-0.1, -0.05) is 19.4 Å². The molecule has 1 nitrogen and oxygen atoms in total. The predicted molar refractivity (Wildman–Crippen MR) is 69.6 cm³/mol. The first-order valence-corrected chi connectivity index (χ1v) is 6.96. The zero-order valence-electron chi connectivity index (χ0n) is 9.96. The summed E-state index contributed by atoms with van der Waals surface area (Å²) in [6, 6.07) is 5.07. The molecule has 1 heterocycles. The predicted octanol–water partition coefficient (Wildman–Crippen LogP) is 3.85. The third-order valence-corrected chi connectivity index (χ3v) is 3.57. The van der Waals surface area contributed by atoms with Crippen LogP contribution in [-0.2, 0) is 6.42 Å². The molecule has 1 aromatic rings. The monoisotopic (exact) mass is 225 g/mol. The standard InChI is InChI=1S/C13H23NS/c1-3-10-14-12(2)7-4-5-8-13-9-6-11-15-13/h6,9,11-12,14H,3-5,7-8,10H2,1-2H3. The third kappa shape index (κ3) is 5.95. The van der Waals surface area contributed by atoms with E-state index in [9.17, 15) is 0 Å². The molecular weight excluding hydrogens is 202 g/mol. The first-order chi connectivity index (χ1) is 7.33. The molecule has 0 bridgehead atoms. The Labute approximate surface area is 97.9 Å². The van der Waals surface area contributed by atoms with Crippen LogP contribution < -0.4 is 5.32 Å². The van der Waals surface area contributed by atoms with Gasteiger partial charge < -0.3 is 5.32 Å². The van der Waals surface area contributed by atoms with Gasteiger partial charge in [0.25, 0.3) is 0 Å². The van der Waals surface area contributed by atoms with Crippen LogP contribution in [0.15, 0.2) is 17.5 Å². The lowest BCUT2D eigenvalue weighted by Gasteiger charge is -2.12. The van der Waals surface area contributed by atoms with Gasteiger partial charge in [0, 0.05) is 10.9 Å². The van der Waals surface area contributed by atoms with Gasteiger partial charge >= 0.3 is 0 Å². The summed E-state index contributed by atoms with van der Waals surface area (Å²) in [6.07, 6.45) is 6.48. The van der Waals surface area contributed by atoms with E-state index in [1.807, 2.05) is 11.3 Å². The number of hydrogen-bond acceptors (Lipinski definition) is 2. The summed E-state index contributed by atoms with van der Waals surface area (Å²) in [5, 5.41) is 5.70. The highest BCUT2D eigenvalue weighted by molar-refractivity contribution is 7.09. The molecule has 0 fully saturated rings. The lowest BCUT2D eigenvalue weighted by Crippen LogP contribution is -2.26. The van der Waals surface area contributed by atoms with E-state index in [1.54, 1.807) is 0 Å². The van der Waals surface area contributed by atoms with Crippen molar-refractivity contribution in [1.29, 1.82) is 0 Å². The van der Waals surface area contributed by atoms with Gasteiger partial charge in [-0.15, -0.1) is 11.3 Å². The summed E-state index contributed by atoms with van der Waals surface area (Å²) in [6.45, 7) is 5.67. The lowest BCUT2D eigenvalue weighted by molar-refractivity contribution is 0.490. The number of unbranched alkanes of at least 4 members (excludes halogenated alkanes) is 1. The van der Waals surface area contributed by atoms with Crippen molar-refractivity contribution in [1.82, 2.24) is 5.32 Å². The number of thiophene rings is 1. The Morgan fingerprint density at radius 1 is 1.40 bits per heavy atom. The van der Waals surface area contributed by atoms with Gasteiger partial charge in [0.05, 0.1) is 0 Å². The van der Waals surface area contributed by atoms with E-state index >= 15 is 0 Å². The molecule has 0 amide bonds. The van der Waals surface area contributed by atoms with E-state index in [2.05, 4.69) is 36.7 Å². The van der Waals surface area contributed by atoms with E-state index in [0.717, 1.165) is 6.54 Å². The van der Waals surface area contributed by atoms with Gasteiger partial charge in [-0.2, -0.15) is 0 Å². The van der Waals surface area contributed by atoms with Crippen LogP contribution in [0, 0.1) is 0 Å². The van der Waals surface area contributed by atoms with Gasteiger partial charge in [-0.3, -0.25) is 0 Å². The van der Waals surface area contributed by atoms with Crippen molar-refractivity contribution in [3.05, 3.63) is 22.4 Å². The molecule has 0 aliphatic rings. The largest absolute Gasteiger partial charge is 0.314 e. The molecule has 0 aliphatic heterocycles. The summed E-state index contributed by atoms with van der Waals surface area (Å²) in [5.41, 5.74) is 0. The maximum absolute atomic E-state index is 3.53. The van der Waals surface area contributed by atoms with Crippen molar-refractivity contribution in [2.24, 2.45) is 0 Å². The maximum Gasteiger partial charge on any atom is 0.00452 e. The van der Waals surface area contributed by atoms with Crippen molar-refractivity contribution in [3.8, 4) is 0 Å². The average molecular weight is 225 g/mol.